The molecule has 0 fully saturated rings. The number of hydrogen-bond donors (Lipinski definition) is 1. The molecule has 1 aromatic heterocycles. The Morgan fingerprint density at radius 2 is 2.07 bits per heavy atom. The number of guanidine groups is 1. The van der Waals surface area contributed by atoms with Crippen LogP contribution in [0.5, 0.6) is 5.75 Å². The lowest BCUT2D eigenvalue weighted by atomic mass is 10.3. The number of nitrogens with zero attached hydrogens (tertiary/aromatic N) is 4. The lowest BCUT2D eigenvalue weighted by Gasteiger charge is -2.21. The Hall–Kier alpha value is -2.61. The Labute approximate surface area is 160 Å². The number of aromatic nitrogens is 2. The van der Waals surface area contributed by atoms with Gasteiger partial charge in [0.1, 0.15) is 25.0 Å². The van der Waals surface area contributed by atoms with Gasteiger partial charge in [0.05, 0.1) is 6.54 Å². The van der Waals surface area contributed by atoms with Gasteiger partial charge in [-0.15, -0.1) is 0 Å². The van der Waals surface area contributed by atoms with Crippen molar-refractivity contribution < 1.29 is 14.0 Å². The fourth-order valence-corrected chi connectivity index (χ4v) is 2.36. The Balaban J connectivity index is 1.88. The highest BCUT2D eigenvalue weighted by Gasteiger charge is 2.14. The molecule has 1 unspecified atom stereocenters. The molecule has 0 aliphatic carbocycles. The first-order chi connectivity index (χ1) is 13.1. The van der Waals surface area contributed by atoms with Gasteiger partial charge in [-0.2, -0.15) is 4.98 Å². The molecule has 1 N–H and O–H groups in total. The molecule has 1 heterocycles. The fourth-order valence-electron chi connectivity index (χ4n) is 2.36. The van der Waals surface area contributed by atoms with Crippen molar-refractivity contribution in [2.45, 2.75) is 33.4 Å². The molecule has 148 valence electrons. The average Bonchev–Trinajstić information content (AvgIpc) is 3.15. The van der Waals surface area contributed by atoms with Gasteiger partial charge < -0.3 is 24.2 Å². The number of ether oxygens (including phenoxy) is 2. The molecular formula is C19H29N5O3. The largest absolute Gasteiger partial charge is 0.492 e. The Kier molecular flexibility index (Phi) is 8.57. The highest BCUT2D eigenvalue weighted by atomic mass is 16.5. The molecule has 1 atom stereocenters. The van der Waals surface area contributed by atoms with Gasteiger partial charge in [0, 0.05) is 20.2 Å². The number of likely N-dealkylation sites (N-methyl/N-ethyl adjacent to an activating group) is 1. The van der Waals surface area contributed by atoms with Gasteiger partial charge in [0.25, 0.3) is 0 Å². The van der Waals surface area contributed by atoms with E-state index >= 15 is 0 Å². The van der Waals surface area contributed by atoms with Gasteiger partial charge in [-0.05, 0) is 32.9 Å². The van der Waals surface area contributed by atoms with Crippen LogP contribution in [0.1, 0.15) is 38.6 Å². The second-order valence-corrected chi connectivity index (χ2v) is 5.90. The first-order valence-corrected chi connectivity index (χ1v) is 9.25. The van der Waals surface area contributed by atoms with Crippen molar-refractivity contribution in [3.05, 3.63) is 42.0 Å². The lowest BCUT2D eigenvalue weighted by Crippen LogP contribution is -2.40. The van der Waals surface area contributed by atoms with E-state index in [0.29, 0.717) is 38.0 Å². The monoisotopic (exact) mass is 375 g/mol. The number of rotatable bonds is 10. The summed E-state index contributed by atoms with van der Waals surface area (Å²) < 4.78 is 16.5. The van der Waals surface area contributed by atoms with E-state index in [1.54, 1.807) is 0 Å². The van der Waals surface area contributed by atoms with E-state index in [0.717, 1.165) is 18.3 Å². The second kappa shape index (κ2) is 11.2. The van der Waals surface area contributed by atoms with E-state index in [-0.39, 0.29) is 6.10 Å². The Bertz CT molecular complexity index is 690. The van der Waals surface area contributed by atoms with E-state index in [2.05, 4.69) is 20.4 Å². The third-order valence-electron chi connectivity index (χ3n) is 3.76. The van der Waals surface area contributed by atoms with Gasteiger partial charge >= 0.3 is 0 Å². The number of aliphatic imine (C=N–C) groups is 1. The minimum Gasteiger partial charge on any atom is -0.492 e. The zero-order chi connectivity index (χ0) is 19.5. The molecule has 27 heavy (non-hydrogen) atoms. The molecule has 0 bridgehead atoms. The number of nitrogens with one attached hydrogen (secondary N) is 1. The maximum atomic E-state index is 5.74. The maximum Gasteiger partial charge on any atom is 0.248 e. The van der Waals surface area contributed by atoms with E-state index in [4.69, 9.17) is 14.0 Å². The normalized spacial score (nSPS) is 12.7. The van der Waals surface area contributed by atoms with Crippen molar-refractivity contribution in [2.75, 3.05) is 33.4 Å². The van der Waals surface area contributed by atoms with Gasteiger partial charge in [-0.25, -0.2) is 4.99 Å². The molecule has 0 radical (unpaired) electrons. The van der Waals surface area contributed by atoms with Crippen LogP contribution in [0.15, 0.2) is 39.8 Å². The molecule has 0 amide bonds. The minimum atomic E-state index is -0.192. The van der Waals surface area contributed by atoms with Crippen LogP contribution >= 0.6 is 0 Å². The van der Waals surface area contributed by atoms with E-state index in [9.17, 15) is 0 Å². The van der Waals surface area contributed by atoms with Crippen LogP contribution < -0.4 is 10.1 Å². The van der Waals surface area contributed by atoms with Crippen LogP contribution in [0.3, 0.4) is 0 Å². The van der Waals surface area contributed by atoms with Crippen LogP contribution in [-0.4, -0.2) is 54.4 Å². The molecule has 8 nitrogen and oxygen atoms in total. The zero-order valence-corrected chi connectivity index (χ0v) is 16.5. The lowest BCUT2D eigenvalue weighted by molar-refractivity contribution is 0.0683. The fraction of sp³-hybridized carbons (Fsp3) is 0.526. The first kappa shape index (κ1) is 20.7. The molecule has 0 saturated carbocycles. The highest BCUT2D eigenvalue weighted by Crippen LogP contribution is 2.13. The highest BCUT2D eigenvalue weighted by molar-refractivity contribution is 5.79. The second-order valence-electron chi connectivity index (χ2n) is 5.90. The predicted octanol–water partition coefficient (Wildman–Crippen LogP) is 2.64. The average molecular weight is 375 g/mol. The summed E-state index contributed by atoms with van der Waals surface area (Å²) in [6, 6.07) is 9.75. The third kappa shape index (κ3) is 6.90. The summed E-state index contributed by atoms with van der Waals surface area (Å²) in [4.78, 5) is 10.9. The zero-order valence-electron chi connectivity index (χ0n) is 16.5. The summed E-state index contributed by atoms with van der Waals surface area (Å²) in [7, 11) is 1.96. The van der Waals surface area contributed by atoms with Crippen molar-refractivity contribution >= 4 is 5.96 Å². The summed E-state index contributed by atoms with van der Waals surface area (Å²) in [6.45, 7) is 8.77. The molecule has 0 aliphatic heterocycles. The van der Waals surface area contributed by atoms with Crippen LogP contribution in [0, 0.1) is 0 Å². The van der Waals surface area contributed by atoms with E-state index in [1.807, 2.05) is 63.1 Å². The molecular weight excluding hydrogens is 346 g/mol. The Morgan fingerprint density at radius 1 is 1.30 bits per heavy atom. The summed E-state index contributed by atoms with van der Waals surface area (Å²) in [5, 5.41) is 7.21. The molecule has 1 aromatic carbocycles. The molecule has 2 rings (SSSR count). The SMILES string of the molecule is CCNC(=NCc1nc(C(C)OCC)no1)N(C)CCOc1ccccc1. The predicted molar refractivity (Wildman–Crippen MR) is 104 cm³/mol. The van der Waals surface area contributed by atoms with Crippen LogP contribution in [-0.2, 0) is 11.3 Å². The summed E-state index contributed by atoms with van der Waals surface area (Å²) in [5.41, 5.74) is 0. The third-order valence-corrected chi connectivity index (χ3v) is 3.76. The van der Waals surface area contributed by atoms with Gasteiger partial charge in [0.15, 0.2) is 11.8 Å². The van der Waals surface area contributed by atoms with Crippen molar-refractivity contribution in [1.29, 1.82) is 0 Å². The number of benzene rings is 1. The summed E-state index contributed by atoms with van der Waals surface area (Å²) in [5.74, 6) is 2.61. The van der Waals surface area contributed by atoms with Crippen LogP contribution in [0.2, 0.25) is 0 Å². The van der Waals surface area contributed by atoms with Gasteiger partial charge in [0.2, 0.25) is 5.89 Å². The van der Waals surface area contributed by atoms with Crippen LogP contribution in [0.4, 0.5) is 0 Å². The Morgan fingerprint density at radius 3 is 2.78 bits per heavy atom. The molecule has 8 heteroatoms. The minimum absolute atomic E-state index is 0.192. The first-order valence-electron chi connectivity index (χ1n) is 9.25. The topological polar surface area (TPSA) is 85.0 Å². The van der Waals surface area contributed by atoms with Crippen molar-refractivity contribution in [1.82, 2.24) is 20.4 Å². The smallest absolute Gasteiger partial charge is 0.248 e. The molecule has 0 aliphatic rings. The van der Waals surface area contributed by atoms with Gasteiger partial charge in [-0.3, -0.25) is 0 Å². The van der Waals surface area contributed by atoms with Crippen LogP contribution in [0.25, 0.3) is 0 Å². The summed E-state index contributed by atoms with van der Waals surface area (Å²) >= 11 is 0. The number of para-hydroxylation sites is 1. The quantitative estimate of drug-likeness (QED) is 0.505. The maximum absolute atomic E-state index is 5.74. The van der Waals surface area contributed by atoms with Gasteiger partial charge in [-0.1, -0.05) is 23.4 Å². The standard InChI is InChI=1S/C19H29N5O3/c1-5-20-19(24(4)12-13-26-16-10-8-7-9-11-16)21-14-17-22-18(23-27-17)15(3)25-6-2/h7-11,15H,5-6,12-14H2,1-4H3,(H,20,21). The van der Waals surface area contributed by atoms with E-state index < -0.39 is 0 Å². The molecule has 0 saturated heterocycles. The number of hydrogen-bond acceptors (Lipinski definition) is 6. The van der Waals surface area contributed by atoms with Crippen molar-refractivity contribution in [3.63, 3.8) is 0 Å². The van der Waals surface area contributed by atoms with Crippen molar-refractivity contribution in [2.24, 2.45) is 4.99 Å². The summed E-state index contributed by atoms with van der Waals surface area (Å²) in [6.07, 6.45) is -0.192. The molecule has 2 aromatic rings. The van der Waals surface area contributed by atoms with E-state index in [1.165, 1.54) is 0 Å². The van der Waals surface area contributed by atoms with Crippen molar-refractivity contribution in [3.8, 4) is 5.75 Å². The molecule has 0 spiro atoms.